The maximum Gasteiger partial charge on any atom is 0.136 e. The Kier molecular flexibility index (Phi) is 3.46. The van der Waals surface area contributed by atoms with Crippen LogP contribution >= 0.6 is 0 Å². The number of aromatic nitrogens is 4. The second-order valence-corrected chi connectivity index (χ2v) is 7.14. The standard InChI is InChI=1S/C17H22N6/c1-17(10-18)11-22(12-17)14-2-4-15(5-3-14)23-16(6-7-20-23)21-9-8-19-13-21/h6-9,13-15H,2-5,11-12H2,1H3. The minimum absolute atomic E-state index is 0.118. The fraction of sp³-hybridized carbons (Fsp3) is 0.588. The van der Waals surface area contributed by atoms with Crippen molar-refractivity contribution < 1.29 is 0 Å². The summed E-state index contributed by atoms with van der Waals surface area (Å²) in [5, 5.41) is 13.7. The molecule has 0 aromatic carbocycles. The van der Waals surface area contributed by atoms with Gasteiger partial charge in [0.2, 0.25) is 0 Å². The number of nitriles is 1. The molecule has 2 aromatic rings. The Labute approximate surface area is 136 Å². The molecule has 0 unspecified atom stereocenters. The summed E-state index contributed by atoms with van der Waals surface area (Å²) in [4.78, 5) is 6.61. The van der Waals surface area contributed by atoms with Crippen molar-refractivity contribution in [2.75, 3.05) is 13.1 Å². The number of imidazole rings is 1. The molecule has 1 aliphatic carbocycles. The average molecular weight is 310 g/mol. The van der Waals surface area contributed by atoms with Crippen LogP contribution in [-0.4, -0.2) is 43.4 Å². The van der Waals surface area contributed by atoms with Crippen LogP contribution in [0, 0.1) is 16.7 Å². The number of nitrogens with zero attached hydrogens (tertiary/aromatic N) is 6. The number of rotatable bonds is 3. The van der Waals surface area contributed by atoms with Gasteiger partial charge in [0.05, 0.1) is 23.7 Å². The molecular weight excluding hydrogens is 288 g/mol. The quantitative estimate of drug-likeness (QED) is 0.873. The largest absolute Gasteiger partial charge is 0.297 e. The van der Waals surface area contributed by atoms with Crippen LogP contribution < -0.4 is 0 Å². The van der Waals surface area contributed by atoms with Gasteiger partial charge < -0.3 is 0 Å². The normalized spacial score (nSPS) is 27.3. The minimum atomic E-state index is -0.118. The van der Waals surface area contributed by atoms with Crippen molar-refractivity contribution in [3.05, 3.63) is 31.0 Å². The Morgan fingerprint density at radius 3 is 2.57 bits per heavy atom. The highest BCUT2D eigenvalue weighted by atomic mass is 15.4. The third-order valence-electron chi connectivity index (χ3n) is 5.32. The van der Waals surface area contributed by atoms with Crippen LogP contribution in [0.25, 0.3) is 5.82 Å². The molecule has 2 fully saturated rings. The molecule has 23 heavy (non-hydrogen) atoms. The van der Waals surface area contributed by atoms with Crippen LogP contribution in [-0.2, 0) is 0 Å². The summed E-state index contributed by atoms with van der Waals surface area (Å²) in [6, 6.07) is 5.58. The summed E-state index contributed by atoms with van der Waals surface area (Å²) < 4.78 is 4.17. The summed E-state index contributed by atoms with van der Waals surface area (Å²) in [6.45, 7) is 3.93. The summed E-state index contributed by atoms with van der Waals surface area (Å²) in [7, 11) is 0. The first kappa shape index (κ1) is 14.5. The number of likely N-dealkylation sites (tertiary alicyclic amines) is 1. The van der Waals surface area contributed by atoms with E-state index in [1.807, 2.05) is 29.4 Å². The molecule has 1 aliphatic heterocycles. The molecule has 0 spiro atoms. The predicted octanol–water partition coefficient (Wildman–Crippen LogP) is 2.40. The van der Waals surface area contributed by atoms with Gasteiger partial charge in [0.1, 0.15) is 12.1 Å². The number of hydrogen-bond donors (Lipinski definition) is 0. The Morgan fingerprint density at radius 1 is 1.17 bits per heavy atom. The third-order valence-corrected chi connectivity index (χ3v) is 5.32. The third kappa shape index (κ3) is 2.55. The molecule has 2 aromatic heterocycles. The van der Waals surface area contributed by atoms with Gasteiger partial charge in [-0.05, 0) is 32.6 Å². The molecular formula is C17H22N6. The van der Waals surface area contributed by atoms with Gasteiger partial charge in [0.25, 0.3) is 0 Å². The van der Waals surface area contributed by atoms with Gasteiger partial charge in [-0.2, -0.15) is 10.4 Å². The second kappa shape index (κ2) is 5.50. The summed E-state index contributed by atoms with van der Waals surface area (Å²) in [6.07, 6.45) is 12.1. The molecule has 4 rings (SSSR count). The lowest BCUT2D eigenvalue weighted by Crippen LogP contribution is -2.58. The molecule has 6 heteroatoms. The molecule has 0 atom stereocenters. The van der Waals surface area contributed by atoms with Crippen molar-refractivity contribution in [2.45, 2.75) is 44.7 Å². The highest BCUT2D eigenvalue weighted by molar-refractivity contribution is 5.22. The highest BCUT2D eigenvalue weighted by Gasteiger charge is 2.43. The van der Waals surface area contributed by atoms with Crippen LogP contribution in [0.15, 0.2) is 31.0 Å². The van der Waals surface area contributed by atoms with Gasteiger partial charge in [-0.25, -0.2) is 9.67 Å². The van der Waals surface area contributed by atoms with Gasteiger partial charge in [-0.1, -0.05) is 0 Å². The number of hydrogen-bond acceptors (Lipinski definition) is 4. The molecule has 1 saturated carbocycles. The van der Waals surface area contributed by atoms with E-state index in [1.165, 1.54) is 12.8 Å². The molecule has 0 N–H and O–H groups in total. The summed E-state index contributed by atoms with van der Waals surface area (Å²) in [5.41, 5.74) is -0.118. The lowest BCUT2D eigenvalue weighted by atomic mass is 9.79. The van der Waals surface area contributed by atoms with Crippen molar-refractivity contribution in [3.63, 3.8) is 0 Å². The first-order chi connectivity index (χ1) is 11.2. The van der Waals surface area contributed by atoms with E-state index in [4.69, 9.17) is 5.26 Å². The second-order valence-electron chi connectivity index (χ2n) is 7.14. The first-order valence-corrected chi connectivity index (χ1v) is 8.36. The molecule has 1 saturated heterocycles. The van der Waals surface area contributed by atoms with Gasteiger partial charge in [-0.3, -0.25) is 9.47 Å². The van der Waals surface area contributed by atoms with Crippen LogP contribution in [0.2, 0.25) is 0 Å². The van der Waals surface area contributed by atoms with E-state index in [0.717, 1.165) is 31.7 Å². The Hall–Kier alpha value is -2.13. The summed E-state index contributed by atoms with van der Waals surface area (Å²) >= 11 is 0. The predicted molar refractivity (Wildman–Crippen MR) is 85.9 cm³/mol. The first-order valence-electron chi connectivity index (χ1n) is 8.36. The lowest BCUT2D eigenvalue weighted by molar-refractivity contribution is -0.000656. The maximum atomic E-state index is 9.15. The van der Waals surface area contributed by atoms with Crippen LogP contribution in [0.1, 0.15) is 38.6 Å². The lowest BCUT2D eigenvalue weighted by Gasteiger charge is -2.49. The van der Waals surface area contributed by atoms with Crippen molar-refractivity contribution in [2.24, 2.45) is 5.41 Å². The van der Waals surface area contributed by atoms with Crippen LogP contribution in [0.5, 0.6) is 0 Å². The smallest absolute Gasteiger partial charge is 0.136 e. The minimum Gasteiger partial charge on any atom is -0.297 e. The zero-order chi connectivity index (χ0) is 15.9. The van der Waals surface area contributed by atoms with E-state index in [1.54, 1.807) is 6.20 Å². The molecule has 3 heterocycles. The fourth-order valence-electron chi connectivity index (χ4n) is 4.03. The zero-order valence-corrected chi connectivity index (χ0v) is 13.5. The topological polar surface area (TPSA) is 62.7 Å². The summed E-state index contributed by atoms with van der Waals surface area (Å²) in [5.74, 6) is 1.09. The Bertz CT molecular complexity index is 696. The van der Waals surface area contributed by atoms with Gasteiger partial charge in [0.15, 0.2) is 0 Å². The Morgan fingerprint density at radius 2 is 1.91 bits per heavy atom. The molecule has 0 bridgehead atoms. The van der Waals surface area contributed by atoms with Crippen LogP contribution in [0.3, 0.4) is 0 Å². The van der Waals surface area contributed by atoms with Gasteiger partial charge in [-0.15, -0.1) is 0 Å². The van der Waals surface area contributed by atoms with E-state index in [-0.39, 0.29) is 5.41 Å². The van der Waals surface area contributed by atoms with E-state index in [2.05, 4.69) is 32.7 Å². The zero-order valence-electron chi connectivity index (χ0n) is 13.5. The van der Waals surface area contributed by atoms with Crippen molar-refractivity contribution in [1.82, 2.24) is 24.2 Å². The van der Waals surface area contributed by atoms with Crippen LogP contribution in [0.4, 0.5) is 0 Å². The van der Waals surface area contributed by atoms with Crippen molar-refractivity contribution >= 4 is 0 Å². The molecule has 0 amide bonds. The molecule has 120 valence electrons. The molecule has 2 aliphatic rings. The molecule has 6 nitrogen and oxygen atoms in total. The van der Waals surface area contributed by atoms with E-state index < -0.39 is 0 Å². The van der Waals surface area contributed by atoms with E-state index in [9.17, 15) is 0 Å². The highest BCUT2D eigenvalue weighted by Crippen LogP contribution is 2.38. The maximum absolute atomic E-state index is 9.15. The van der Waals surface area contributed by atoms with E-state index in [0.29, 0.717) is 12.1 Å². The SMILES string of the molecule is CC1(C#N)CN(C2CCC(n3nccc3-n3ccnc3)CC2)C1. The van der Waals surface area contributed by atoms with Crippen molar-refractivity contribution in [3.8, 4) is 11.9 Å². The van der Waals surface area contributed by atoms with Gasteiger partial charge >= 0.3 is 0 Å². The average Bonchev–Trinajstić information content (AvgIpc) is 3.22. The Balaban J connectivity index is 1.40. The van der Waals surface area contributed by atoms with Crippen molar-refractivity contribution in [1.29, 1.82) is 5.26 Å². The van der Waals surface area contributed by atoms with Gasteiger partial charge in [0, 0.05) is 37.6 Å². The van der Waals surface area contributed by atoms with E-state index >= 15 is 0 Å². The monoisotopic (exact) mass is 310 g/mol. The fourth-order valence-corrected chi connectivity index (χ4v) is 4.03. The molecule has 0 radical (unpaired) electrons.